The van der Waals surface area contributed by atoms with Crippen LogP contribution in [0.15, 0.2) is 48.5 Å². The molecule has 0 aromatic heterocycles. The van der Waals surface area contributed by atoms with Gasteiger partial charge in [-0.15, -0.1) is 6.42 Å². The molecule has 1 fully saturated rings. The van der Waals surface area contributed by atoms with Crippen LogP contribution in [0, 0.1) is 12.3 Å². The van der Waals surface area contributed by atoms with E-state index >= 15 is 0 Å². The van der Waals surface area contributed by atoms with Gasteiger partial charge in [0.25, 0.3) is 0 Å². The first-order chi connectivity index (χ1) is 13.6. The van der Waals surface area contributed by atoms with Gasteiger partial charge in [0, 0.05) is 5.56 Å². The van der Waals surface area contributed by atoms with Crippen molar-refractivity contribution in [2.75, 3.05) is 0 Å². The van der Waals surface area contributed by atoms with E-state index in [1.165, 1.54) is 57.1 Å². The highest BCUT2D eigenvalue weighted by molar-refractivity contribution is 6.31. The minimum atomic E-state index is 0.129. The highest BCUT2D eigenvalue weighted by Gasteiger charge is 2.14. The van der Waals surface area contributed by atoms with Crippen molar-refractivity contribution < 1.29 is 5.11 Å². The maximum Gasteiger partial charge on any atom is 0.117 e. The third kappa shape index (κ3) is 11.1. The summed E-state index contributed by atoms with van der Waals surface area (Å²) in [6, 6.07) is 15.5. The van der Waals surface area contributed by atoms with Crippen molar-refractivity contribution in [1.29, 1.82) is 0 Å². The molecule has 0 unspecified atom stereocenters. The number of halogens is 1. The van der Waals surface area contributed by atoms with Crippen molar-refractivity contribution in [3.8, 4) is 18.1 Å². The predicted octanol–water partition coefficient (Wildman–Crippen LogP) is 8.59. The summed E-state index contributed by atoms with van der Waals surface area (Å²) in [5.74, 6) is 3.37. The van der Waals surface area contributed by atoms with E-state index in [4.69, 9.17) is 23.1 Å². The number of rotatable bonds is 2. The highest BCUT2D eigenvalue weighted by Crippen LogP contribution is 2.32. The fourth-order valence-corrected chi connectivity index (χ4v) is 3.01. The zero-order valence-electron chi connectivity index (χ0n) is 18.0. The van der Waals surface area contributed by atoms with Crippen LogP contribution in [-0.2, 0) is 0 Å². The van der Waals surface area contributed by atoms with Gasteiger partial charge in [0.15, 0.2) is 0 Å². The van der Waals surface area contributed by atoms with Gasteiger partial charge in [0.1, 0.15) is 5.75 Å². The van der Waals surface area contributed by atoms with Crippen molar-refractivity contribution >= 4 is 11.6 Å². The third-order valence-electron chi connectivity index (χ3n) is 4.48. The second-order valence-electron chi connectivity index (χ2n) is 6.55. The molecule has 28 heavy (non-hydrogen) atoms. The number of phenolic OH excluding ortho intramolecular Hbond substituents is 1. The minimum Gasteiger partial charge on any atom is -0.508 e. The van der Waals surface area contributed by atoms with Crippen LogP contribution in [-0.4, -0.2) is 5.11 Å². The smallest absolute Gasteiger partial charge is 0.117 e. The molecule has 2 aromatic carbocycles. The molecular formula is C26H37ClO. The van der Waals surface area contributed by atoms with Crippen molar-refractivity contribution in [3.05, 3.63) is 64.7 Å². The quantitative estimate of drug-likeness (QED) is 0.500. The lowest BCUT2D eigenvalue weighted by atomic mass is 9.84. The maximum atomic E-state index is 8.88. The molecule has 2 heteroatoms. The van der Waals surface area contributed by atoms with Crippen LogP contribution in [0.4, 0.5) is 0 Å². The molecule has 1 aliphatic rings. The molecule has 1 N–H and O–H groups in total. The first kappa shape index (κ1) is 26.1. The topological polar surface area (TPSA) is 20.2 Å². The molecule has 0 atom stereocenters. The van der Waals surface area contributed by atoms with Crippen molar-refractivity contribution in [2.45, 2.75) is 78.6 Å². The molecule has 1 nitrogen and oxygen atoms in total. The van der Waals surface area contributed by atoms with Gasteiger partial charge in [0.2, 0.25) is 0 Å². The lowest BCUT2D eigenvalue weighted by Crippen LogP contribution is -2.03. The molecule has 0 radical (unpaired) electrons. The Morgan fingerprint density at radius 3 is 2.00 bits per heavy atom. The summed E-state index contributed by atoms with van der Waals surface area (Å²) < 4.78 is 0. The lowest BCUT2D eigenvalue weighted by Gasteiger charge is -2.21. The summed E-state index contributed by atoms with van der Waals surface area (Å²) in [5.41, 5.74) is 2.15. The first-order valence-electron chi connectivity index (χ1n) is 10.6. The molecule has 0 saturated heterocycles. The third-order valence-corrected chi connectivity index (χ3v) is 4.80. The second kappa shape index (κ2) is 17.2. The Morgan fingerprint density at radius 2 is 1.54 bits per heavy atom. The Morgan fingerprint density at radius 1 is 0.964 bits per heavy atom. The average molecular weight is 401 g/mol. The van der Waals surface area contributed by atoms with E-state index < -0.39 is 0 Å². The van der Waals surface area contributed by atoms with E-state index in [1.807, 2.05) is 13.8 Å². The zero-order valence-corrected chi connectivity index (χ0v) is 18.8. The normalized spacial score (nSPS) is 12.7. The van der Waals surface area contributed by atoms with E-state index in [-0.39, 0.29) is 5.75 Å². The molecule has 0 heterocycles. The van der Waals surface area contributed by atoms with Gasteiger partial charge >= 0.3 is 0 Å². The molecule has 3 rings (SSSR count). The van der Waals surface area contributed by atoms with E-state index in [0.717, 1.165) is 5.92 Å². The van der Waals surface area contributed by atoms with Gasteiger partial charge in [0.05, 0.1) is 5.02 Å². The number of benzene rings is 2. The van der Waals surface area contributed by atoms with Crippen LogP contribution >= 0.6 is 11.6 Å². The Bertz CT molecular complexity index is 650. The second-order valence-corrected chi connectivity index (χ2v) is 6.96. The van der Waals surface area contributed by atoms with E-state index in [2.05, 4.69) is 50.1 Å². The van der Waals surface area contributed by atoms with Crippen molar-refractivity contribution in [1.82, 2.24) is 0 Å². The molecule has 2 aromatic rings. The summed E-state index contributed by atoms with van der Waals surface area (Å²) in [5, 5.41) is 9.29. The Labute approximate surface area is 178 Å². The van der Waals surface area contributed by atoms with Crippen LogP contribution < -0.4 is 0 Å². The van der Waals surface area contributed by atoms with Crippen molar-refractivity contribution in [2.24, 2.45) is 0 Å². The highest BCUT2D eigenvalue weighted by atomic mass is 35.5. The fraction of sp³-hybridized carbons (Fsp3) is 0.462. The zero-order chi connectivity index (χ0) is 21.2. The molecule has 1 aliphatic carbocycles. The van der Waals surface area contributed by atoms with Gasteiger partial charge < -0.3 is 5.11 Å². The monoisotopic (exact) mass is 400 g/mol. The maximum absolute atomic E-state index is 8.88. The first-order valence-corrected chi connectivity index (χ1v) is 11.0. The predicted molar refractivity (Wildman–Crippen MR) is 125 cm³/mol. The summed E-state index contributed by atoms with van der Waals surface area (Å²) in [6.45, 7) is 8.36. The number of phenols is 1. The van der Waals surface area contributed by atoms with Crippen LogP contribution in [0.2, 0.25) is 5.02 Å². The van der Waals surface area contributed by atoms with Crippen LogP contribution in [0.3, 0.4) is 0 Å². The Hall–Kier alpha value is -1.91. The number of hydrogen-bond donors (Lipinski definition) is 1. The molecule has 0 amide bonds. The summed E-state index contributed by atoms with van der Waals surface area (Å²) in [4.78, 5) is 0. The molecular weight excluding hydrogens is 364 g/mol. The number of hydrogen-bond acceptors (Lipinski definition) is 1. The SMILES string of the molecule is C#Cc1ccc(O)cc1Cl.CC.CCCC.c1ccc(C2CCCCC2)cc1. The van der Waals surface area contributed by atoms with Gasteiger partial charge in [-0.2, -0.15) is 0 Å². The Kier molecular flexibility index (Phi) is 16.0. The molecule has 154 valence electrons. The van der Waals surface area contributed by atoms with Crippen molar-refractivity contribution in [3.63, 3.8) is 0 Å². The van der Waals surface area contributed by atoms with E-state index in [1.54, 1.807) is 11.6 Å². The van der Waals surface area contributed by atoms with Crippen LogP contribution in [0.5, 0.6) is 5.75 Å². The molecule has 0 aliphatic heterocycles. The number of terminal acetylenes is 1. The van der Waals surface area contributed by atoms with Crippen LogP contribution in [0.1, 0.15) is 89.7 Å². The summed E-state index contributed by atoms with van der Waals surface area (Å²) >= 11 is 5.63. The van der Waals surface area contributed by atoms with Gasteiger partial charge in [-0.05, 0) is 42.5 Å². The summed E-state index contributed by atoms with van der Waals surface area (Å²) in [7, 11) is 0. The fourth-order valence-electron chi connectivity index (χ4n) is 2.78. The van der Waals surface area contributed by atoms with E-state index in [0.29, 0.717) is 10.6 Å². The Balaban J connectivity index is 0.000000414. The molecule has 0 bridgehead atoms. The molecule has 1 saturated carbocycles. The largest absolute Gasteiger partial charge is 0.508 e. The standard InChI is InChI=1S/C12H16.C8H5ClO.C4H10.C2H6/c1-3-7-11(8-4-1)12-9-5-2-6-10-12;1-2-6-3-4-7(10)5-8(6)9;1-3-4-2;1-2/h1,3-4,7-8,12H,2,5-6,9-10H2;1,3-5,10H;3-4H2,1-2H3;1-2H3. The number of unbranched alkanes of at least 4 members (excludes halogenated alkanes) is 1. The molecule has 0 spiro atoms. The minimum absolute atomic E-state index is 0.129. The summed E-state index contributed by atoms with van der Waals surface area (Å²) in [6.07, 6.45) is 14.8. The average Bonchev–Trinajstić information content (AvgIpc) is 2.77. The van der Waals surface area contributed by atoms with Gasteiger partial charge in [-0.25, -0.2) is 0 Å². The lowest BCUT2D eigenvalue weighted by molar-refractivity contribution is 0.443. The van der Waals surface area contributed by atoms with Gasteiger partial charge in [-0.3, -0.25) is 0 Å². The van der Waals surface area contributed by atoms with E-state index in [9.17, 15) is 0 Å². The van der Waals surface area contributed by atoms with Gasteiger partial charge in [-0.1, -0.05) is 108 Å². The number of aromatic hydroxyl groups is 1. The van der Waals surface area contributed by atoms with Crippen LogP contribution in [0.25, 0.3) is 0 Å².